The predicted octanol–water partition coefficient (Wildman–Crippen LogP) is 2.07. The van der Waals surface area contributed by atoms with Crippen LogP contribution in [0.15, 0.2) is 30.3 Å². The molecule has 0 aliphatic heterocycles. The van der Waals surface area contributed by atoms with Crippen LogP contribution in [-0.2, 0) is 17.6 Å². The SMILES string of the molecule is COc1cccc(C(=O)NCC(=O)NNC(=O)c2cc3c(s2)CC[C@@H](C)C3)c1. The topological polar surface area (TPSA) is 96.5 Å². The fraction of sp³-hybridized carbons (Fsp3) is 0.350. The molecule has 0 bridgehead atoms. The van der Waals surface area contributed by atoms with Crippen molar-refractivity contribution in [2.45, 2.75) is 26.2 Å². The summed E-state index contributed by atoms with van der Waals surface area (Å²) in [5.41, 5.74) is 6.34. The molecule has 0 radical (unpaired) electrons. The zero-order valence-corrected chi connectivity index (χ0v) is 16.7. The molecule has 2 aromatic rings. The van der Waals surface area contributed by atoms with E-state index < -0.39 is 11.8 Å². The van der Waals surface area contributed by atoms with Crippen molar-refractivity contribution in [3.63, 3.8) is 0 Å². The number of carbonyl (C=O) groups is 3. The molecule has 0 saturated carbocycles. The quantitative estimate of drug-likeness (QED) is 0.669. The minimum atomic E-state index is -0.514. The van der Waals surface area contributed by atoms with Crippen LogP contribution in [0, 0.1) is 5.92 Å². The first-order valence-electron chi connectivity index (χ1n) is 9.09. The van der Waals surface area contributed by atoms with Crippen molar-refractivity contribution in [3.05, 3.63) is 51.2 Å². The van der Waals surface area contributed by atoms with E-state index in [1.807, 2.05) is 6.07 Å². The van der Waals surface area contributed by atoms with Crippen LogP contribution in [0.1, 0.15) is 43.8 Å². The number of hydrogen-bond acceptors (Lipinski definition) is 5. The van der Waals surface area contributed by atoms with Gasteiger partial charge in [0, 0.05) is 10.4 Å². The summed E-state index contributed by atoms with van der Waals surface area (Å²) in [6, 6.07) is 8.52. The van der Waals surface area contributed by atoms with Crippen molar-refractivity contribution in [1.82, 2.24) is 16.2 Å². The number of fused-ring (bicyclic) bond motifs is 1. The smallest absolute Gasteiger partial charge is 0.279 e. The Morgan fingerprint density at radius 2 is 2.00 bits per heavy atom. The molecule has 1 aliphatic rings. The van der Waals surface area contributed by atoms with E-state index in [-0.39, 0.29) is 12.5 Å². The normalized spacial score (nSPS) is 15.3. The van der Waals surface area contributed by atoms with Crippen molar-refractivity contribution in [3.8, 4) is 5.75 Å². The third-order valence-electron chi connectivity index (χ3n) is 4.61. The molecular weight excluding hydrogens is 378 g/mol. The summed E-state index contributed by atoms with van der Waals surface area (Å²) in [4.78, 5) is 38.1. The Balaban J connectivity index is 1.46. The number of ether oxygens (including phenoxy) is 1. The molecule has 1 aliphatic carbocycles. The molecule has 148 valence electrons. The van der Waals surface area contributed by atoms with E-state index in [9.17, 15) is 14.4 Å². The van der Waals surface area contributed by atoms with Crippen molar-refractivity contribution in [2.75, 3.05) is 13.7 Å². The molecule has 1 heterocycles. The van der Waals surface area contributed by atoms with Crippen molar-refractivity contribution < 1.29 is 19.1 Å². The minimum Gasteiger partial charge on any atom is -0.497 e. The van der Waals surface area contributed by atoms with E-state index >= 15 is 0 Å². The maximum absolute atomic E-state index is 12.3. The van der Waals surface area contributed by atoms with Crippen molar-refractivity contribution in [2.24, 2.45) is 5.92 Å². The maximum atomic E-state index is 12.3. The number of thiophene rings is 1. The second-order valence-corrected chi connectivity index (χ2v) is 7.96. The first-order valence-corrected chi connectivity index (χ1v) is 9.91. The van der Waals surface area contributed by atoms with Crippen LogP contribution in [0.3, 0.4) is 0 Å². The molecule has 1 aromatic carbocycles. The van der Waals surface area contributed by atoms with E-state index in [4.69, 9.17) is 4.74 Å². The third-order valence-corrected chi connectivity index (χ3v) is 5.85. The summed E-state index contributed by atoms with van der Waals surface area (Å²) in [5.74, 6) is -0.0807. The van der Waals surface area contributed by atoms with Gasteiger partial charge in [-0.1, -0.05) is 13.0 Å². The first kappa shape index (κ1) is 19.9. The molecule has 1 aromatic heterocycles. The number of methoxy groups -OCH3 is 1. The van der Waals surface area contributed by atoms with Gasteiger partial charge in [0.05, 0.1) is 18.5 Å². The second kappa shape index (κ2) is 8.88. The zero-order valence-electron chi connectivity index (χ0n) is 15.8. The fourth-order valence-electron chi connectivity index (χ4n) is 3.08. The number of hydrogen-bond donors (Lipinski definition) is 3. The average molecular weight is 401 g/mol. The lowest BCUT2D eigenvalue weighted by Gasteiger charge is -2.16. The van der Waals surface area contributed by atoms with Gasteiger partial charge in [-0.15, -0.1) is 11.3 Å². The molecule has 3 N–H and O–H groups in total. The Morgan fingerprint density at radius 1 is 1.18 bits per heavy atom. The number of amides is 3. The standard InChI is InChI=1S/C20H23N3O4S/c1-12-6-7-16-14(8-12)10-17(28-16)20(26)23-22-18(24)11-21-19(25)13-4-3-5-15(9-13)27-2/h3-5,9-10,12H,6-8,11H2,1-2H3,(H,21,25)(H,22,24)(H,23,26)/t12-/m1/s1. The van der Waals surface area contributed by atoms with Gasteiger partial charge in [0.25, 0.3) is 17.7 Å². The number of aryl methyl sites for hydroxylation is 1. The Bertz CT molecular complexity index is 893. The third kappa shape index (κ3) is 4.89. The molecule has 0 spiro atoms. The van der Waals surface area contributed by atoms with Crippen LogP contribution >= 0.6 is 11.3 Å². The Labute approximate surface area is 167 Å². The highest BCUT2D eigenvalue weighted by Crippen LogP contribution is 2.32. The zero-order chi connectivity index (χ0) is 20.1. The number of nitrogens with one attached hydrogen (secondary N) is 3. The second-order valence-electron chi connectivity index (χ2n) is 6.82. The maximum Gasteiger partial charge on any atom is 0.279 e. The van der Waals surface area contributed by atoms with Crippen molar-refractivity contribution >= 4 is 29.1 Å². The Morgan fingerprint density at radius 3 is 2.79 bits per heavy atom. The van der Waals surface area contributed by atoms with E-state index in [0.29, 0.717) is 22.1 Å². The molecule has 1 atom stereocenters. The molecular formula is C20H23N3O4S. The summed E-state index contributed by atoms with van der Waals surface area (Å²) in [6.07, 6.45) is 3.12. The lowest BCUT2D eigenvalue weighted by Crippen LogP contribution is -2.46. The first-order chi connectivity index (χ1) is 13.5. The summed E-state index contributed by atoms with van der Waals surface area (Å²) in [7, 11) is 1.51. The number of carbonyl (C=O) groups excluding carboxylic acids is 3. The molecule has 0 unspecified atom stereocenters. The minimum absolute atomic E-state index is 0.255. The number of benzene rings is 1. The Hall–Kier alpha value is -2.87. The van der Waals surface area contributed by atoms with Gasteiger partial charge in [-0.3, -0.25) is 25.2 Å². The van der Waals surface area contributed by atoms with Crippen LogP contribution in [0.5, 0.6) is 5.75 Å². The van der Waals surface area contributed by atoms with Gasteiger partial charge in [-0.05, 0) is 55.0 Å². The van der Waals surface area contributed by atoms with Gasteiger partial charge in [0.2, 0.25) is 0 Å². The molecule has 3 rings (SSSR count). The largest absolute Gasteiger partial charge is 0.497 e. The lowest BCUT2D eigenvalue weighted by atomic mass is 9.90. The Kier molecular flexibility index (Phi) is 6.30. The van der Waals surface area contributed by atoms with Crippen molar-refractivity contribution in [1.29, 1.82) is 0 Å². The van der Waals surface area contributed by atoms with E-state index in [1.165, 1.54) is 28.9 Å². The van der Waals surface area contributed by atoms with Crippen LogP contribution in [-0.4, -0.2) is 31.4 Å². The predicted molar refractivity (Wildman–Crippen MR) is 106 cm³/mol. The highest BCUT2D eigenvalue weighted by molar-refractivity contribution is 7.14. The highest BCUT2D eigenvalue weighted by Gasteiger charge is 2.21. The molecule has 0 fully saturated rings. The van der Waals surface area contributed by atoms with Crippen LogP contribution in [0.2, 0.25) is 0 Å². The van der Waals surface area contributed by atoms with Gasteiger partial charge in [0.15, 0.2) is 0 Å². The monoisotopic (exact) mass is 401 g/mol. The number of hydrazine groups is 1. The number of rotatable bonds is 5. The fourth-order valence-corrected chi connectivity index (χ4v) is 4.18. The van der Waals surface area contributed by atoms with Gasteiger partial charge >= 0.3 is 0 Å². The highest BCUT2D eigenvalue weighted by atomic mass is 32.1. The van der Waals surface area contributed by atoms with Crippen LogP contribution in [0.4, 0.5) is 0 Å². The molecule has 7 nitrogen and oxygen atoms in total. The summed E-state index contributed by atoms with van der Waals surface area (Å²) < 4.78 is 5.07. The summed E-state index contributed by atoms with van der Waals surface area (Å²) >= 11 is 1.47. The molecule has 8 heteroatoms. The summed E-state index contributed by atoms with van der Waals surface area (Å²) in [5, 5.41) is 2.50. The van der Waals surface area contributed by atoms with E-state index in [1.54, 1.807) is 24.3 Å². The van der Waals surface area contributed by atoms with Crippen LogP contribution in [0.25, 0.3) is 0 Å². The van der Waals surface area contributed by atoms with Gasteiger partial charge in [-0.2, -0.15) is 0 Å². The average Bonchev–Trinajstić information content (AvgIpc) is 3.13. The van der Waals surface area contributed by atoms with Crippen LogP contribution < -0.4 is 20.9 Å². The summed E-state index contributed by atoms with van der Waals surface area (Å²) in [6.45, 7) is 1.95. The molecule has 3 amide bonds. The molecule has 0 saturated heterocycles. The van der Waals surface area contributed by atoms with Gasteiger partial charge in [-0.25, -0.2) is 0 Å². The van der Waals surface area contributed by atoms with Gasteiger partial charge in [0.1, 0.15) is 5.75 Å². The van der Waals surface area contributed by atoms with Gasteiger partial charge < -0.3 is 10.1 Å². The lowest BCUT2D eigenvalue weighted by molar-refractivity contribution is -0.120. The van der Waals surface area contributed by atoms with E-state index in [0.717, 1.165) is 19.3 Å². The van der Waals surface area contributed by atoms with E-state index in [2.05, 4.69) is 23.1 Å². The molecule has 28 heavy (non-hydrogen) atoms.